The molecule has 1 saturated carbocycles. The number of nitrogens with one attached hydrogen (secondary N) is 1. The summed E-state index contributed by atoms with van der Waals surface area (Å²) in [6, 6.07) is -0.688. The van der Waals surface area contributed by atoms with Gasteiger partial charge in [-0.15, -0.1) is 24.8 Å². The van der Waals surface area contributed by atoms with E-state index in [1.54, 1.807) is 0 Å². The number of carboxylic acids is 1. The summed E-state index contributed by atoms with van der Waals surface area (Å²) in [5.74, 6) is -1.78. The molecule has 0 aliphatic heterocycles. The van der Waals surface area contributed by atoms with Gasteiger partial charge in [-0.25, -0.2) is 0 Å². The Hall–Kier alpha value is -0.575. The smallest absolute Gasteiger partial charge is 0.451 e. The molecule has 1 amide bonds. The lowest BCUT2D eigenvalue weighted by molar-refractivity contribution is -0.148. The Morgan fingerprint density at radius 3 is 2.26 bits per heavy atom. The van der Waals surface area contributed by atoms with Gasteiger partial charge in [0, 0.05) is 12.5 Å². The van der Waals surface area contributed by atoms with E-state index in [-0.39, 0.29) is 61.3 Å². The van der Waals surface area contributed by atoms with E-state index in [1.165, 1.54) is 0 Å². The van der Waals surface area contributed by atoms with E-state index in [0.29, 0.717) is 12.8 Å². The van der Waals surface area contributed by atoms with Crippen LogP contribution in [0.4, 0.5) is 0 Å². The number of amides is 1. The van der Waals surface area contributed by atoms with E-state index < -0.39 is 30.6 Å². The van der Waals surface area contributed by atoms with Gasteiger partial charge in [0.1, 0.15) is 5.54 Å². The van der Waals surface area contributed by atoms with Crippen molar-refractivity contribution in [3.8, 4) is 0 Å². The molecule has 160 valence electrons. The molecule has 0 aromatic rings. The molecule has 1 aliphatic carbocycles. The Morgan fingerprint density at radius 2 is 1.81 bits per heavy atom. The minimum absolute atomic E-state index is 0. The van der Waals surface area contributed by atoms with Crippen molar-refractivity contribution < 1.29 is 24.7 Å². The summed E-state index contributed by atoms with van der Waals surface area (Å²) >= 11 is 0. The number of carbonyl (C=O) groups is 2. The molecule has 0 saturated heterocycles. The zero-order valence-electron chi connectivity index (χ0n) is 16.2. The van der Waals surface area contributed by atoms with Crippen LogP contribution in [0.1, 0.15) is 46.5 Å². The lowest BCUT2D eigenvalue weighted by Gasteiger charge is -2.42. The van der Waals surface area contributed by atoms with Crippen LogP contribution in [0.3, 0.4) is 0 Å². The second kappa shape index (κ2) is 11.4. The maximum atomic E-state index is 12.2. The number of nitrogens with two attached hydrogens (primary N) is 2. The number of carboxylic acid groups (broad SMARTS) is 1. The SMILES string of the molecule is CC(C)(C)[C@H](N)C(=O)NC[C@@H]1CC[C@@H](CCB(O)O)C[C@]1(N)C(=O)O.Cl.Cl. The third-order valence-corrected chi connectivity index (χ3v) is 5.25. The molecule has 0 unspecified atom stereocenters. The molecule has 0 radical (unpaired) electrons. The van der Waals surface area contributed by atoms with E-state index in [2.05, 4.69) is 5.32 Å². The van der Waals surface area contributed by atoms with Gasteiger partial charge >= 0.3 is 13.1 Å². The molecular weight excluding hydrogens is 396 g/mol. The third-order valence-electron chi connectivity index (χ3n) is 5.25. The van der Waals surface area contributed by atoms with Crippen LogP contribution < -0.4 is 16.8 Å². The predicted octanol–water partition coefficient (Wildman–Crippen LogP) is 0.381. The first-order valence-electron chi connectivity index (χ1n) is 8.79. The summed E-state index contributed by atoms with van der Waals surface area (Å²) in [7, 11) is -1.40. The molecule has 11 heteroatoms. The Balaban J connectivity index is 0. The second-order valence-corrected chi connectivity index (χ2v) is 8.34. The van der Waals surface area contributed by atoms with Crippen LogP contribution in [0, 0.1) is 17.3 Å². The summed E-state index contributed by atoms with van der Waals surface area (Å²) in [5.41, 5.74) is 10.3. The van der Waals surface area contributed by atoms with Crippen molar-refractivity contribution in [2.24, 2.45) is 28.7 Å². The van der Waals surface area contributed by atoms with Gasteiger partial charge in [-0.2, -0.15) is 0 Å². The topological polar surface area (TPSA) is 159 Å². The maximum Gasteiger partial charge on any atom is 0.451 e. The number of carbonyl (C=O) groups excluding carboxylic acids is 1. The third kappa shape index (κ3) is 8.13. The van der Waals surface area contributed by atoms with Gasteiger partial charge < -0.3 is 31.9 Å². The molecule has 0 bridgehead atoms. The summed E-state index contributed by atoms with van der Waals surface area (Å²) in [6.07, 6.45) is 2.26. The highest BCUT2D eigenvalue weighted by atomic mass is 35.5. The lowest BCUT2D eigenvalue weighted by atomic mass is 9.66. The number of halogens is 2. The van der Waals surface area contributed by atoms with E-state index in [0.717, 1.165) is 6.42 Å². The average molecular weight is 430 g/mol. The zero-order valence-corrected chi connectivity index (χ0v) is 17.8. The van der Waals surface area contributed by atoms with E-state index in [1.807, 2.05) is 20.8 Å². The van der Waals surface area contributed by atoms with Gasteiger partial charge in [-0.1, -0.05) is 27.2 Å². The van der Waals surface area contributed by atoms with Crippen molar-refractivity contribution in [1.82, 2.24) is 5.32 Å². The summed E-state index contributed by atoms with van der Waals surface area (Å²) in [5, 5.41) is 30.3. The van der Waals surface area contributed by atoms with Gasteiger partial charge in [0.05, 0.1) is 6.04 Å². The normalized spacial score (nSPS) is 26.2. The fourth-order valence-electron chi connectivity index (χ4n) is 3.35. The Morgan fingerprint density at radius 1 is 1.26 bits per heavy atom. The zero-order chi connectivity index (χ0) is 19.4. The largest absolute Gasteiger partial charge is 0.480 e. The molecule has 1 aliphatic rings. The summed E-state index contributed by atoms with van der Waals surface area (Å²) in [6.45, 7) is 5.76. The molecule has 4 atom stereocenters. The molecule has 0 aromatic heterocycles. The van der Waals surface area contributed by atoms with Crippen LogP contribution in [-0.4, -0.2) is 52.3 Å². The predicted molar refractivity (Wildman–Crippen MR) is 110 cm³/mol. The molecule has 8 nitrogen and oxygen atoms in total. The second-order valence-electron chi connectivity index (χ2n) is 8.34. The first-order valence-corrected chi connectivity index (χ1v) is 8.79. The van der Waals surface area contributed by atoms with Crippen LogP contribution in [0.25, 0.3) is 0 Å². The fraction of sp³-hybridized carbons (Fsp3) is 0.875. The Labute approximate surface area is 173 Å². The van der Waals surface area contributed by atoms with Gasteiger partial charge in [-0.3, -0.25) is 9.59 Å². The number of rotatable bonds is 7. The van der Waals surface area contributed by atoms with E-state index in [4.69, 9.17) is 21.5 Å². The lowest BCUT2D eigenvalue weighted by Crippen LogP contribution is -2.61. The van der Waals surface area contributed by atoms with Crippen LogP contribution in [0.2, 0.25) is 6.32 Å². The first-order chi connectivity index (χ1) is 11.4. The minimum atomic E-state index is -1.44. The highest BCUT2D eigenvalue weighted by molar-refractivity contribution is 6.40. The quantitative estimate of drug-likeness (QED) is 0.319. The van der Waals surface area contributed by atoms with Crippen LogP contribution in [0.15, 0.2) is 0 Å². The minimum Gasteiger partial charge on any atom is -0.480 e. The summed E-state index contributed by atoms with van der Waals surface area (Å²) < 4.78 is 0. The molecule has 0 spiro atoms. The molecule has 27 heavy (non-hydrogen) atoms. The molecule has 0 aromatic carbocycles. The van der Waals surface area contributed by atoms with Crippen molar-refractivity contribution in [2.45, 2.75) is 64.4 Å². The van der Waals surface area contributed by atoms with E-state index in [9.17, 15) is 14.7 Å². The molecule has 1 fully saturated rings. The molecular formula is C16H34BCl2N3O5. The van der Waals surface area contributed by atoms with Crippen molar-refractivity contribution >= 4 is 43.8 Å². The monoisotopic (exact) mass is 429 g/mol. The Bertz CT molecular complexity index is 493. The van der Waals surface area contributed by atoms with Crippen molar-refractivity contribution in [3.63, 3.8) is 0 Å². The van der Waals surface area contributed by atoms with Gasteiger partial charge in [-0.05, 0) is 36.9 Å². The standard InChI is InChI=1S/C16H32BN3O5.2ClH/c1-15(2,3)12(18)13(21)20-9-11-5-4-10(6-7-17(24)25)8-16(11,19)14(22)23;;/h10-12,24-25H,4-9,18-19H2,1-3H3,(H,20,21)(H,22,23);2*1H/t10-,11-,12+,16+;;/m0../s1. The first kappa shape index (κ1) is 28.6. The van der Waals surface area contributed by atoms with Crippen LogP contribution >= 0.6 is 24.8 Å². The number of hydrogen-bond donors (Lipinski definition) is 6. The van der Waals surface area contributed by atoms with Gasteiger partial charge in [0.2, 0.25) is 5.91 Å². The molecule has 1 rings (SSSR count). The van der Waals surface area contributed by atoms with Crippen molar-refractivity contribution in [2.75, 3.05) is 6.54 Å². The average Bonchev–Trinajstić information content (AvgIpc) is 2.49. The van der Waals surface area contributed by atoms with Gasteiger partial charge in [0.15, 0.2) is 0 Å². The number of hydrogen-bond acceptors (Lipinski definition) is 6. The molecule has 0 heterocycles. The van der Waals surface area contributed by atoms with E-state index >= 15 is 0 Å². The number of aliphatic carboxylic acids is 1. The van der Waals surface area contributed by atoms with Crippen molar-refractivity contribution in [3.05, 3.63) is 0 Å². The van der Waals surface area contributed by atoms with Gasteiger partial charge in [0.25, 0.3) is 0 Å². The Kier molecular flexibility index (Phi) is 12.1. The molecule has 8 N–H and O–H groups in total. The fourth-order valence-corrected chi connectivity index (χ4v) is 3.35. The highest BCUT2D eigenvalue weighted by Gasteiger charge is 2.47. The highest BCUT2D eigenvalue weighted by Crippen LogP contribution is 2.38. The van der Waals surface area contributed by atoms with Crippen molar-refractivity contribution in [1.29, 1.82) is 0 Å². The van der Waals surface area contributed by atoms with Crippen LogP contribution in [0.5, 0.6) is 0 Å². The van der Waals surface area contributed by atoms with Crippen LogP contribution in [-0.2, 0) is 9.59 Å². The maximum absolute atomic E-state index is 12.2. The summed E-state index contributed by atoms with van der Waals surface area (Å²) in [4.78, 5) is 23.9.